The summed E-state index contributed by atoms with van der Waals surface area (Å²) in [4.78, 5) is 36.0. The van der Waals surface area contributed by atoms with Crippen LogP contribution in [0.15, 0.2) is 0 Å². The zero-order valence-electron chi connectivity index (χ0n) is 45.6. The van der Waals surface area contributed by atoms with Gasteiger partial charge >= 0.3 is 19.8 Å². The molecule has 1 saturated carbocycles. The molecule has 0 aliphatic heterocycles. The van der Waals surface area contributed by atoms with Crippen LogP contribution < -0.4 is 0 Å². The minimum atomic E-state index is -5.12. The number of hydrogen-bond acceptors (Lipinski definition) is 12. The summed E-state index contributed by atoms with van der Waals surface area (Å²) in [5.41, 5.74) is 0. The van der Waals surface area contributed by atoms with Gasteiger partial charge in [0.1, 0.15) is 43.2 Å². The van der Waals surface area contributed by atoms with E-state index in [1.54, 1.807) is 0 Å². The average molecular weight is 1040 g/mol. The number of carbonyl (C=O) groups is 2. The van der Waals surface area contributed by atoms with Crippen molar-refractivity contribution in [3.8, 4) is 0 Å². The molecule has 0 radical (unpaired) electrons. The van der Waals surface area contributed by atoms with Gasteiger partial charge in [-0.15, -0.1) is 0 Å². The van der Waals surface area contributed by atoms with Crippen LogP contribution in [0, 0.1) is 0 Å². The van der Waals surface area contributed by atoms with E-state index >= 15 is 0 Å². The molecule has 71 heavy (non-hydrogen) atoms. The summed E-state index contributed by atoms with van der Waals surface area (Å²) < 4.78 is 33.8. The van der Waals surface area contributed by atoms with Crippen LogP contribution in [-0.4, -0.2) is 98.3 Å². The fourth-order valence-electron chi connectivity index (χ4n) is 9.70. The van der Waals surface area contributed by atoms with Crippen molar-refractivity contribution < 1.29 is 63.1 Å². The Balaban J connectivity index is 2.30. The molecule has 0 spiro atoms. The van der Waals surface area contributed by atoms with Gasteiger partial charge in [0.2, 0.25) is 0 Å². The molecule has 0 aromatic carbocycles. The number of aliphatic hydroxyl groups is 5. The molecular weight excluding hydrogens is 924 g/mol. The number of rotatable bonds is 52. The molecule has 0 bridgehead atoms. The van der Waals surface area contributed by atoms with E-state index in [-0.39, 0.29) is 12.8 Å². The summed E-state index contributed by atoms with van der Waals surface area (Å²) in [6, 6.07) is 0. The van der Waals surface area contributed by atoms with Gasteiger partial charge in [-0.1, -0.05) is 271 Å². The lowest BCUT2D eigenvalue weighted by Gasteiger charge is -2.41. The molecule has 0 aromatic heterocycles. The standard InChI is InChI=1S/C57H111O13P/c1-3-5-7-9-11-13-15-17-19-21-23-24-25-26-28-30-32-34-36-38-40-42-44-46-51(59)69-49(48-68-71(65,66)70-57-55(63)53(61)52(60)54(62)56(57)64)47-67-50(58)45-43-41-39-37-35-33-31-29-27-22-20-18-16-14-12-10-8-6-4-2/h49,52-57,60-64H,3-48H2,1-2H3,(H,65,66). The number of hydrogen-bond donors (Lipinski definition) is 6. The highest BCUT2D eigenvalue weighted by Gasteiger charge is 2.51. The Morgan fingerprint density at radius 3 is 0.930 bits per heavy atom. The van der Waals surface area contributed by atoms with Crippen LogP contribution in [0.1, 0.15) is 296 Å². The van der Waals surface area contributed by atoms with Crippen LogP contribution in [0.3, 0.4) is 0 Å². The molecule has 422 valence electrons. The largest absolute Gasteiger partial charge is 0.472 e. The SMILES string of the molecule is CCCCCCCCCCCCCCCCCCCCCCCCCC(=O)OC(COC(=O)CCCCCCCCCCCCCCCCCCCCC)COP(=O)(O)OC1C(O)C(O)C(O)C(O)C1O. The van der Waals surface area contributed by atoms with Crippen molar-refractivity contribution in [2.75, 3.05) is 13.2 Å². The van der Waals surface area contributed by atoms with Crippen LogP contribution >= 0.6 is 7.82 Å². The van der Waals surface area contributed by atoms with Gasteiger partial charge in [-0.3, -0.25) is 18.6 Å². The third-order valence-electron chi connectivity index (χ3n) is 14.4. The third kappa shape index (κ3) is 39.0. The van der Waals surface area contributed by atoms with Crippen molar-refractivity contribution >= 4 is 19.8 Å². The maximum absolute atomic E-state index is 12.9. The van der Waals surface area contributed by atoms with E-state index in [9.17, 15) is 44.6 Å². The first kappa shape index (κ1) is 67.9. The Kier molecular flexibility index (Phi) is 45.2. The van der Waals surface area contributed by atoms with E-state index in [0.717, 1.165) is 38.5 Å². The highest BCUT2D eigenvalue weighted by atomic mass is 31.2. The van der Waals surface area contributed by atoms with E-state index in [1.165, 1.54) is 218 Å². The van der Waals surface area contributed by atoms with E-state index < -0.39 is 75.7 Å². The molecule has 1 aliphatic rings. The van der Waals surface area contributed by atoms with E-state index in [0.29, 0.717) is 12.8 Å². The molecule has 1 rings (SSSR count). The second-order valence-electron chi connectivity index (χ2n) is 21.2. The van der Waals surface area contributed by atoms with Crippen molar-refractivity contribution in [3.63, 3.8) is 0 Å². The molecule has 0 heterocycles. The minimum absolute atomic E-state index is 0.106. The molecule has 1 aliphatic carbocycles. The van der Waals surface area contributed by atoms with Crippen LogP contribution in [0.4, 0.5) is 0 Å². The molecule has 6 N–H and O–H groups in total. The van der Waals surface area contributed by atoms with Gasteiger partial charge in [0.25, 0.3) is 0 Å². The lowest BCUT2D eigenvalue weighted by Crippen LogP contribution is -2.64. The molecule has 0 saturated heterocycles. The van der Waals surface area contributed by atoms with Crippen molar-refractivity contribution in [2.45, 2.75) is 339 Å². The maximum Gasteiger partial charge on any atom is 0.472 e. The van der Waals surface area contributed by atoms with Gasteiger partial charge < -0.3 is 39.9 Å². The Labute approximate surface area is 433 Å². The number of carbonyl (C=O) groups excluding carboxylic acids is 2. The fourth-order valence-corrected chi connectivity index (χ4v) is 10.7. The topological polar surface area (TPSA) is 210 Å². The van der Waals surface area contributed by atoms with Crippen molar-refractivity contribution in [2.24, 2.45) is 0 Å². The number of phosphoric ester groups is 1. The Morgan fingerprint density at radius 2 is 0.634 bits per heavy atom. The predicted octanol–water partition coefficient (Wildman–Crippen LogP) is 14.0. The predicted molar refractivity (Wildman–Crippen MR) is 286 cm³/mol. The lowest BCUT2D eigenvalue weighted by molar-refractivity contribution is -0.220. The van der Waals surface area contributed by atoms with E-state index in [1.807, 2.05) is 0 Å². The van der Waals surface area contributed by atoms with Gasteiger partial charge in [-0.25, -0.2) is 4.57 Å². The van der Waals surface area contributed by atoms with Gasteiger partial charge in [0.15, 0.2) is 6.10 Å². The van der Waals surface area contributed by atoms with Gasteiger partial charge in [0, 0.05) is 12.8 Å². The first-order valence-corrected chi connectivity index (χ1v) is 31.3. The number of aliphatic hydroxyl groups excluding tert-OH is 5. The lowest BCUT2D eigenvalue weighted by atomic mass is 9.85. The minimum Gasteiger partial charge on any atom is -0.462 e. The molecule has 6 unspecified atom stereocenters. The molecule has 0 amide bonds. The summed E-state index contributed by atoms with van der Waals surface area (Å²) >= 11 is 0. The summed E-state index contributed by atoms with van der Waals surface area (Å²) in [6.45, 7) is 3.38. The quantitative estimate of drug-likeness (QED) is 0.0191. The van der Waals surface area contributed by atoms with Gasteiger partial charge in [-0.05, 0) is 12.8 Å². The molecule has 14 heteroatoms. The smallest absolute Gasteiger partial charge is 0.462 e. The fraction of sp³-hybridized carbons (Fsp3) is 0.965. The second kappa shape index (κ2) is 47.3. The van der Waals surface area contributed by atoms with Crippen LogP contribution in [0.25, 0.3) is 0 Å². The zero-order chi connectivity index (χ0) is 52.1. The summed E-state index contributed by atoms with van der Waals surface area (Å²) in [5.74, 6) is -1.07. The highest BCUT2D eigenvalue weighted by Crippen LogP contribution is 2.47. The highest BCUT2D eigenvalue weighted by molar-refractivity contribution is 7.47. The molecule has 13 nitrogen and oxygen atoms in total. The van der Waals surface area contributed by atoms with Crippen molar-refractivity contribution in [3.05, 3.63) is 0 Å². The first-order chi connectivity index (χ1) is 34.4. The average Bonchev–Trinajstić information content (AvgIpc) is 3.35. The first-order valence-electron chi connectivity index (χ1n) is 29.8. The van der Waals surface area contributed by atoms with Crippen LogP contribution in [0.2, 0.25) is 0 Å². The van der Waals surface area contributed by atoms with Crippen LogP contribution in [-0.2, 0) is 32.7 Å². The Bertz CT molecular complexity index is 1240. The van der Waals surface area contributed by atoms with Crippen molar-refractivity contribution in [1.82, 2.24) is 0 Å². The van der Waals surface area contributed by atoms with Crippen molar-refractivity contribution in [1.29, 1.82) is 0 Å². The van der Waals surface area contributed by atoms with Crippen LogP contribution in [0.5, 0.6) is 0 Å². The Morgan fingerprint density at radius 1 is 0.380 bits per heavy atom. The van der Waals surface area contributed by atoms with E-state index in [2.05, 4.69) is 13.8 Å². The maximum atomic E-state index is 12.9. The molecule has 6 atom stereocenters. The monoisotopic (exact) mass is 1030 g/mol. The number of esters is 2. The molecular formula is C57H111O13P. The number of ether oxygens (including phenoxy) is 2. The van der Waals surface area contributed by atoms with Gasteiger partial charge in [0.05, 0.1) is 6.61 Å². The summed E-state index contributed by atoms with van der Waals surface area (Å²) in [7, 11) is -5.12. The zero-order valence-corrected chi connectivity index (χ0v) is 46.5. The molecule has 1 fully saturated rings. The van der Waals surface area contributed by atoms with Gasteiger partial charge in [-0.2, -0.15) is 0 Å². The summed E-state index contributed by atoms with van der Waals surface area (Å²) in [6.07, 6.45) is 40.1. The normalized spacial score (nSPS) is 20.5. The summed E-state index contributed by atoms with van der Waals surface area (Å²) in [5, 5.41) is 50.4. The Hall–Kier alpha value is -1.15. The molecule has 0 aromatic rings. The second-order valence-corrected chi connectivity index (χ2v) is 22.6. The van der Waals surface area contributed by atoms with E-state index in [4.69, 9.17) is 18.5 Å². The number of phosphoric acid groups is 1. The third-order valence-corrected chi connectivity index (χ3v) is 15.4. The number of unbranched alkanes of at least 4 members (excludes halogenated alkanes) is 40.